The Bertz CT molecular complexity index is 447. The topological polar surface area (TPSA) is 97.3 Å². The first-order chi connectivity index (χ1) is 8.84. The van der Waals surface area contributed by atoms with Crippen molar-refractivity contribution in [3.63, 3.8) is 0 Å². The molecule has 1 aliphatic carbocycles. The fourth-order valence-corrected chi connectivity index (χ4v) is 1.61. The van der Waals surface area contributed by atoms with E-state index in [1.54, 1.807) is 0 Å². The van der Waals surface area contributed by atoms with Crippen LogP contribution < -0.4 is 11.1 Å². The molecular formula is C12H21N5O2. The van der Waals surface area contributed by atoms with Gasteiger partial charge in [-0.2, -0.15) is 4.98 Å². The lowest BCUT2D eigenvalue weighted by atomic mass is 10.1. The van der Waals surface area contributed by atoms with E-state index in [-0.39, 0.29) is 5.91 Å². The minimum absolute atomic E-state index is 0.0314. The SMILES string of the molecule is CN(CC(=O)NC1CC1)Cc1nc(C(C)(C)N)no1. The van der Waals surface area contributed by atoms with Crippen molar-refractivity contribution in [2.24, 2.45) is 5.73 Å². The number of hydrogen-bond donors (Lipinski definition) is 2. The minimum atomic E-state index is -0.621. The summed E-state index contributed by atoms with van der Waals surface area (Å²) in [6, 6.07) is 0.383. The maximum atomic E-state index is 11.6. The highest BCUT2D eigenvalue weighted by Gasteiger charge is 2.24. The Hall–Kier alpha value is -1.47. The predicted octanol–water partition coefficient (Wildman–Crippen LogP) is -0.0262. The van der Waals surface area contributed by atoms with Crippen LogP contribution in [0.25, 0.3) is 0 Å². The normalized spacial score (nSPS) is 15.8. The lowest BCUT2D eigenvalue weighted by molar-refractivity contribution is -0.122. The van der Waals surface area contributed by atoms with Gasteiger partial charge < -0.3 is 15.6 Å². The number of nitrogens with zero attached hydrogens (tertiary/aromatic N) is 3. The summed E-state index contributed by atoms with van der Waals surface area (Å²) in [5, 5.41) is 6.77. The molecule has 1 aliphatic rings. The van der Waals surface area contributed by atoms with Crippen molar-refractivity contribution < 1.29 is 9.32 Å². The number of aromatic nitrogens is 2. The van der Waals surface area contributed by atoms with Gasteiger partial charge in [-0.25, -0.2) is 0 Å². The summed E-state index contributed by atoms with van der Waals surface area (Å²) >= 11 is 0. The molecular weight excluding hydrogens is 246 g/mol. The molecule has 1 saturated carbocycles. The van der Waals surface area contributed by atoms with E-state index >= 15 is 0 Å². The number of hydrogen-bond acceptors (Lipinski definition) is 6. The molecule has 1 aromatic rings. The number of amides is 1. The van der Waals surface area contributed by atoms with Crippen molar-refractivity contribution in [3.05, 3.63) is 11.7 Å². The van der Waals surface area contributed by atoms with Crippen LogP contribution in [-0.4, -0.2) is 40.6 Å². The summed E-state index contributed by atoms with van der Waals surface area (Å²) in [5.74, 6) is 0.970. The van der Waals surface area contributed by atoms with Crippen molar-refractivity contribution in [2.45, 2.75) is 44.8 Å². The second-order valence-corrected chi connectivity index (χ2v) is 5.75. The third-order valence-corrected chi connectivity index (χ3v) is 2.81. The van der Waals surface area contributed by atoms with Gasteiger partial charge in [-0.15, -0.1) is 0 Å². The Kier molecular flexibility index (Phi) is 3.86. The molecule has 0 aliphatic heterocycles. The van der Waals surface area contributed by atoms with Crippen molar-refractivity contribution in [1.82, 2.24) is 20.4 Å². The van der Waals surface area contributed by atoms with Crippen LogP contribution in [0.3, 0.4) is 0 Å². The predicted molar refractivity (Wildman–Crippen MR) is 69.0 cm³/mol. The van der Waals surface area contributed by atoms with Gasteiger partial charge in [-0.3, -0.25) is 9.69 Å². The van der Waals surface area contributed by atoms with Gasteiger partial charge >= 0.3 is 0 Å². The summed E-state index contributed by atoms with van der Waals surface area (Å²) in [4.78, 5) is 17.7. The Balaban J connectivity index is 1.82. The molecule has 1 heterocycles. The number of likely N-dealkylation sites (N-methyl/N-ethyl adjacent to an activating group) is 1. The molecule has 0 saturated heterocycles. The largest absolute Gasteiger partial charge is 0.352 e. The summed E-state index contributed by atoms with van der Waals surface area (Å²) in [6.45, 7) is 4.38. The van der Waals surface area contributed by atoms with Gasteiger partial charge in [0.1, 0.15) is 0 Å². The molecule has 1 fully saturated rings. The first kappa shape index (κ1) is 14.0. The van der Waals surface area contributed by atoms with Gasteiger partial charge in [0.15, 0.2) is 5.82 Å². The Morgan fingerprint density at radius 1 is 1.58 bits per heavy atom. The van der Waals surface area contributed by atoms with E-state index in [0.29, 0.717) is 30.8 Å². The zero-order chi connectivity index (χ0) is 14.0. The van der Waals surface area contributed by atoms with Crippen LogP contribution in [0.15, 0.2) is 4.52 Å². The Morgan fingerprint density at radius 2 is 2.26 bits per heavy atom. The van der Waals surface area contributed by atoms with Gasteiger partial charge in [-0.1, -0.05) is 5.16 Å². The summed E-state index contributed by atoms with van der Waals surface area (Å²) in [5.41, 5.74) is 5.26. The first-order valence-corrected chi connectivity index (χ1v) is 6.44. The Morgan fingerprint density at radius 3 is 2.79 bits per heavy atom. The van der Waals surface area contributed by atoms with Crippen LogP contribution in [0.5, 0.6) is 0 Å². The number of nitrogens with two attached hydrogens (primary N) is 1. The van der Waals surface area contributed by atoms with Crippen LogP contribution in [0, 0.1) is 0 Å². The van der Waals surface area contributed by atoms with Crippen LogP contribution in [-0.2, 0) is 16.9 Å². The van der Waals surface area contributed by atoms with E-state index in [2.05, 4.69) is 15.5 Å². The lowest BCUT2D eigenvalue weighted by Crippen LogP contribution is -2.36. The molecule has 0 spiro atoms. The van der Waals surface area contributed by atoms with Crippen LogP contribution >= 0.6 is 0 Å². The van der Waals surface area contributed by atoms with E-state index < -0.39 is 5.54 Å². The van der Waals surface area contributed by atoms with E-state index in [1.165, 1.54) is 0 Å². The zero-order valence-electron chi connectivity index (χ0n) is 11.6. The number of nitrogens with one attached hydrogen (secondary N) is 1. The van der Waals surface area contributed by atoms with Crippen molar-refractivity contribution >= 4 is 5.91 Å². The van der Waals surface area contributed by atoms with E-state index in [1.807, 2.05) is 25.8 Å². The Labute approximate surface area is 112 Å². The molecule has 0 atom stereocenters. The van der Waals surface area contributed by atoms with Gasteiger partial charge in [0.25, 0.3) is 0 Å². The molecule has 1 amide bonds. The smallest absolute Gasteiger partial charge is 0.240 e. The number of carbonyl (C=O) groups excluding carboxylic acids is 1. The number of rotatable bonds is 6. The molecule has 0 unspecified atom stereocenters. The third-order valence-electron chi connectivity index (χ3n) is 2.81. The molecule has 2 rings (SSSR count). The molecule has 106 valence electrons. The highest BCUT2D eigenvalue weighted by atomic mass is 16.5. The van der Waals surface area contributed by atoms with Gasteiger partial charge in [-0.05, 0) is 33.7 Å². The van der Waals surface area contributed by atoms with Gasteiger partial charge in [0.2, 0.25) is 11.8 Å². The van der Waals surface area contributed by atoms with Gasteiger partial charge in [0, 0.05) is 6.04 Å². The monoisotopic (exact) mass is 267 g/mol. The molecule has 0 bridgehead atoms. The lowest BCUT2D eigenvalue weighted by Gasteiger charge is -2.14. The molecule has 7 heteroatoms. The van der Waals surface area contributed by atoms with E-state index in [9.17, 15) is 4.79 Å². The van der Waals surface area contributed by atoms with Crippen LogP contribution in [0.4, 0.5) is 0 Å². The van der Waals surface area contributed by atoms with Crippen molar-refractivity contribution in [2.75, 3.05) is 13.6 Å². The third kappa shape index (κ3) is 4.29. The highest BCUT2D eigenvalue weighted by molar-refractivity contribution is 5.78. The molecule has 0 radical (unpaired) electrons. The van der Waals surface area contributed by atoms with Crippen LogP contribution in [0.1, 0.15) is 38.4 Å². The van der Waals surface area contributed by atoms with Crippen molar-refractivity contribution in [1.29, 1.82) is 0 Å². The standard InChI is InChI=1S/C12H21N5O2/c1-12(2,13)11-15-10(19-16-11)7-17(3)6-9(18)14-8-4-5-8/h8H,4-7,13H2,1-3H3,(H,14,18). The van der Waals surface area contributed by atoms with E-state index in [4.69, 9.17) is 10.3 Å². The minimum Gasteiger partial charge on any atom is -0.352 e. The fourth-order valence-electron chi connectivity index (χ4n) is 1.61. The molecule has 3 N–H and O–H groups in total. The summed E-state index contributed by atoms with van der Waals surface area (Å²) in [7, 11) is 1.84. The average Bonchev–Trinajstić information content (AvgIpc) is 2.92. The molecule has 0 aromatic carbocycles. The molecule has 1 aromatic heterocycles. The molecule has 7 nitrogen and oxygen atoms in total. The summed E-state index contributed by atoms with van der Waals surface area (Å²) < 4.78 is 5.12. The highest BCUT2D eigenvalue weighted by Crippen LogP contribution is 2.18. The van der Waals surface area contributed by atoms with Crippen LogP contribution in [0.2, 0.25) is 0 Å². The maximum absolute atomic E-state index is 11.6. The first-order valence-electron chi connectivity index (χ1n) is 6.44. The maximum Gasteiger partial charge on any atom is 0.240 e. The number of carbonyl (C=O) groups is 1. The summed E-state index contributed by atoms with van der Waals surface area (Å²) in [6.07, 6.45) is 2.18. The van der Waals surface area contributed by atoms with E-state index in [0.717, 1.165) is 12.8 Å². The fraction of sp³-hybridized carbons (Fsp3) is 0.750. The second-order valence-electron chi connectivity index (χ2n) is 5.75. The zero-order valence-corrected chi connectivity index (χ0v) is 11.6. The molecule has 19 heavy (non-hydrogen) atoms. The van der Waals surface area contributed by atoms with Crippen molar-refractivity contribution in [3.8, 4) is 0 Å². The quantitative estimate of drug-likeness (QED) is 0.751. The second kappa shape index (κ2) is 5.26. The average molecular weight is 267 g/mol. The van der Waals surface area contributed by atoms with Gasteiger partial charge in [0.05, 0.1) is 18.6 Å².